The summed E-state index contributed by atoms with van der Waals surface area (Å²) in [5.41, 5.74) is 1.42. The van der Waals surface area contributed by atoms with Crippen LogP contribution in [-0.4, -0.2) is 35.8 Å². The van der Waals surface area contributed by atoms with Gasteiger partial charge in [0.15, 0.2) is 5.69 Å². The number of aromatic nitrogens is 1. The van der Waals surface area contributed by atoms with Crippen molar-refractivity contribution >= 4 is 29.5 Å². The van der Waals surface area contributed by atoms with Crippen LogP contribution in [0.25, 0.3) is 6.08 Å². The molecule has 0 radical (unpaired) electrons. The fourth-order valence-corrected chi connectivity index (χ4v) is 2.18. The van der Waals surface area contributed by atoms with Crippen LogP contribution in [0.15, 0.2) is 11.6 Å². The summed E-state index contributed by atoms with van der Waals surface area (Å²) in [5.74, 6) is -0.421. The second-order valence-corrected chi connectivity index (χ2v) is 6.29. The average Bonchev–Trinajstić information content (AvgIpc) is 2.85. The number of rotatable bonds is 6. The molecule has 0 saturated heterocycles. The lowest BCUT2D eigenvalue weighted by molar-refractivity contribution is 0.0513. The Hall–Kier alpha value is -1.89. The quantitative estimate of drug-likeness (QED) is 0.641. The molecule has 1 aromatic rings. The lowest BCUT2D eigenvalue weighted by Crippen LogP contribution is -2.32. The number of nitrogens with one attached hydrogen (secondary N) is 1. The maximum Gasteiger partial charge on any atom is 0.407 e. The first-order chi connectivity index (χ1) is 10.3. The summed E-state index contributed by atoms with van der Waals surface area (Å²) in [5, 5.41) is 2.66. The third kappa shape index (κ3) is 6.71. The summed E-state index contributed by atoms with van der Waals surface area (Å²) in [7, 11) is 0. The summed E-state index contributed by atoms with van der Waals surface area (Å²) in [4.78, 5) is 27.8. The Balaban J connectivity index is 2.40. The highest BCUT2D eigenvalue weighted by Crippen LogP contribution is 2.16. The molecule has 7 heteroatoms. The van der Waals surface area contributed by atoms with Crippen LogP contribution < -0.4 is 5.32 Å². The molecule has 1 rings (SSSR count). The smallest absolute Gasteiger partial charge is 0.407 e. The minimum Gasteiger partial charge on any atom is -0.461 e. The van der Waals surface area contributed by atoms with Gasteiger partial charge in [-0.05, 0) is 40.2 Å². The van der Waals surface area contributed by atoms with Crippen molar-refractivity contribution in [1.29, 1.82) is 0 Å². The third-order valence-corrected chi connectivity index (χ3v) is 3.11. The van der Waals surface area contributed by atoms with E-state index in [0.29, 0.717) is 25.3 Å². The monoisotopic (exact) mass is 326 g/mol. The van der Waals surface area contributed by atoms with Crippen LogP contribution in [0.4, 0.5) is 4.79 Å². The van der Waals surface area contributed by atoms with Gasteiger partial charge in [0.05, 0.1) is 17.0 Å². The first-order valence-corrected chi connectivity index (χ1v) is 7.95. The Bertz CT molecular complexity index is 532. The van der Waals surface area contributed by atoms with E-state index in [0.717, 1.165) is 4.88 Å². The molecule has 0 unspecified atom stereocenters. The summed E-state index contributed by atoms with van der Waals surface area (Å²) >= 11 is 1.37. The third-order valence-electron chi connectivity index (χ3n) is 2.31. The van der Waals surface area contributed by atoms with Gasteiger partial charge in [-0.2, -0.15) is 0 Å². The average molecular weight is 326 g/mol. The Morgan fingerprint density at radius 1 is 1.41 bits per heavy atom. The van der Waals surface area contributed by atoms with Crippen LogP contribution in [-0.2, 0) is 9.47 Å². The van der Waals surface area contributed by atoms with E-state index < -0.39 is 17.7 Å². The van der Waals surface area contributed by atoms with Crippen LogP contribution in [0.2, 0.25) is 0 Å². The highest BCUT2D eigenvalue weighted by Gasteiger charge is 2.15. The summed E-state index contributed by atoms with van der Waals surface area (Å²) in [6.07, 6.45) is 3.86. The van der Waals surface area contributed by atoms with Gasteiger partial charge in [0.2, 0.25) is 0 Å². The summed E-state index contributed by atoms with van der Waals surface area (Å²) < 4.78 is 10.1. The number of esters is 1. The van der Waals surface area contributed by atoms with Crippen LogP contribution in [0.3, 0.4) is 0 Å². The summed E-state index contributed by atoms with van der Waals surface area (Å²) in [6.45, 7) is 7.97. The standard InChI is InChI=1S/C15H22N2O4S/c1-5-20-13(18)12-11(22-10-17-12)8-6-7-9-16-14(19)21-15(2,3)4/h6,8,10H,5,7,9H2,1-4H3,(H,16,19). The number of ether oxygens (including phenoxy) is 2. The van der Waals surface area contributed by atoms with Crippen molar-refractivity contribution in [3.8, 4) is 0 Å². The molecule has 0 fully saturated rings. The fraction of sp³-hybridized carbons (Fsp3) is 0.533. The molecule has 0 bridgehead atoms. The molecule has 1 heterocycles. The molecule has 122 valence electrons. The highest BCUT2D eigenvalue weighted by atomic mass is 32.1. The number of thiazole rings is 1. The van der Waals surface area contributed by atoms with Gasteiger partial charge in [0.1, 0.15) is 5.60 Å². The largest absolute Gasteiger partial charge is 0.461 e. The van der Waals surface area contributed by atoms with E-state index in [9.17, 15) is 9.59 Å². The fourth-order valence-electron chi connectivity index (χ4n) is 1.49. The van der Waals surface area contributed by atoms with Crippen LogP contribution in [0, 0.1) is 0 Å². The van der Waals surface area contributed by atoms with E-state index in [1.54, 1.807) is 18.5 Å². The molecule has 1 amide bonds. The number of carbonyl (C=O) groups is 2. The maximum absolute atomic E-state index is 11.7. The molecule has 22 heavy (non-hydrogen) atoms. The molecule has 0 aliphatic carbocycles. The van der Waals surface area contributed by atoms with Crippen LogP contribution >= 0.6 is 11.3 Å². The number of alkyl carbamates (subject to hydrolysis) is 1. The van der Waals surface area contributed by atoms with Crippen molar-refractivity contribution in [1.82, 2.24) is 10.3 Å². The van der Waals surface area contributed by atoms with E-state index in [1.807, 2.05) is 26.8 Å². The maximum atomic E-state index is 11.7. The van der Waals surface area contributed by atoms with E-state index in [-0.39, 0.29) is 0 Å². The molecule has 1 aromatic heterocycles. The van der Waals surface area contributed by atoms with Gasteiger partial charge in [-0.3, -0.25) is 0 Å². The molecule has 0 aromatic carbocycles. The molecule has 0 spiro atoms. The van der Waals surface area contributed by atoms with Gasteiger partial charge in [0, 0.05) is 6.54 Å². The van der Waals surface area contributed by atoms with Gasteiger partial charge in [-0.1, -0.05) is 6.08 Å². The SMILES string of the molecule is CCOC(=O)c1ncsc1C=CCCNC(=O)OC(C)(C)C. The van der Waals surface area contributed by atoms with Gasteiger partial charge in [0.25, 0.3) is 0 Å². The van der Waals surface area contributed by atoms with Gasteiger partial charge in [-0.15, -0.1) is 11.3 Å². The zero-order chi connectivity index (χ0) is 16.6. The number of carbonyl (C=O) groups excluding carboxylic acids is 2. The molecule has 0 aliphatic heterocycles. The van der Waals surface area contributed by atoms with E-state index >= 15 is 0 Å². The first kappa shape index (κ1) is 18.2. The number of hydrogen-bond acceptors (Lipinski definition) is 6. The minimum atomic E-state index is -0.503. The lowest BCUT2D eigenvalue weighted by Gasteiger charge is -2.19. The lowest BCUT2D eigenvalue weighted by atomic mass is 10.2. The van der Waals surface area contributed by atoms with Crippen molar-refractivity contribution in [3.05, 3.63) is 22.2 Å². The molecule has 1 N–H and O–H groups in total. The van der Waals surface area contributed by atoms with Gasteiger partial charge < -0.3 is 14.8 Å². The number of hydrogen-bond donors (Lipinski definition) is 1. The van der Waals surface area contributed by atoms with Gasteiger partial charge in [-0.25, -0.2) is 14.6 Å². The second kappa shape index (κ2) is 8.53. The normalized spacial score (nSPS) is 11.5. The number of nitrogens with zero attached hydrogens (tertiary/aromatic N) is 1. The van der Waals surface area contributed by atoms with Crippen molar-refractivity contribution in [2.75, 3.05) is 13.2 Å². The molecular formula is C15H22N2O4S. The van der Waals surface area contributed by atoms with Crippen molar-refractivity contribution in [2.24, 2.45) is 0 Å². The summed E-state index contributed by atoms with van der Waals surface area (Å²) in [6, 6.07) is 0. The Kier molecular flexibility index (Phi) is 7.04. The van der Waals surface area contributed by atoms with Gasteiger partial charge >= 0.3 is 12.1 Å². The molecular weight excluding hydrogens is 304 g/mol. The van der Waals surface area contributed by atoms with Crippen LogP contribution in [0.5, 0.6) is 0 Å². The molecule has 0 atom stereocenters. The zero-order valence-electron chi connectivity index (χ0n) is 13.3. The molecule has 6 nitrogen and oxygen atoms in total. The number of amides is 1. The minimum absolute atomic E-state index is 0.319. The van der Waals surface area contributed by atoms with E-state index in [2.05, 4.69) is 10.3 Å². The first-order valence-electron chi connectivity index (χ1n) is 7.07. The Morgan fingerprint density at radius 2 is 2.14 bits per heavy atom. The predicted molar refractivity (Wildman–Crippen MR) is 86.0 cm³/mol. The molecule has 0 aliphatic rings. The second-order valence-electron chi connectivity index (χ2n) is 5.41. The van der Waals surface area contributed by atoms with Crippen molar-refractivity contribution in [2.45, 2.75) is 39.7 Å². The Morgan fingerprint density at radius 3 is 2.77 bits per heavy atom. The van der Waals surface area contributed by atoms with E-state index in [1.165, 1.54) is 11.3 Å². The highest BCUT2D eigenvalue weighted by molar-refractivity contribution is 7.10. The molecule has 0 saturated carbocycles. The Labute approximate surface area is 134 Å². The van der Waals surface area contributed by atoms with E-state index in [4.69, 9.17) is 9.47 Å². The van der Waals surface area contributed by atoms with Crippen molar-refractivity contribution < 1.29 is 19.1 Å². The predicted octanol–water partition coefficient (Wildman–Crippen LogP) is 3.25. The van der Waals surface area contributed by atoms with Crippen molar-refractivity contribution in [3.63, 3.8) is 0 Å². The zero-order valence-corrected chi connectivity index (χ0v) is 14.2. The van der Waals surface area contributed by atoms with Crippen LogP contribution in [0.1, 0.15) is 49.5 Å². The topological polar surface area (TPSA) is 77.5 Å².